The number of aromatic hydroxyl groups is 1. The number of hydrogen-bond donors (Lipinski definition) is 2. The molecule has 2 bridgehead atoms. The van der Waals surface area contributed by atoms with Gasteiger partial charge in [0.25, 0.3) is 0 Å². The van der Waals surface area contributed by atoms with Crippen LogP contribution in [0.2, 0.25) is 0 Å². The van der Waals surface area contributed by atoms with E-state index in [-0.39, 0.29) is 10.8 Å². The fourth-order valence-corrected chi connectivity index (χ4v) is 9.90. The van der Waals surface area contributed by atoms with Crippen LogP contribution in [0, 0.1) is 35.0 Å². The molecule has 0 saturated heterocycles. The SMILES string of the molecule is CC1CC2CC(C1)CC(C)(c1cc3c(cc1O)CCC1C3CC[C@]3(C)/C(=N/N)CCC13)C2. The molecule has 32 heavy (non-hydrogen) atoms. The van der Waals surface area contributed by atoms with Crippen LogP contribution < -0.4 is 5.84 Å². The standard InChI is InChI=1S/C29H42N2O/c1-17-10-18-12-19(11-17)16-28(2,15-18)25-14-23-20(13-26(25)32)4-5-22-21(23)8-9-29(3)24(22)6-7-27(29)31-30/h13-14,17-19,21-22,24,32H,4-12,15-16,30H2,1-3H3/b31-27+/t17?,18?,19?,21?,22?,24?,28?,29-/m0/s1. The molecule has 3 N–H and O–H groups in total. The maximum Gasteiger partial charge on any atom is 0.119 e. The molecule has 0 heterocycles. The second kappa shape index (κ2) is 7.24. The maximum atomic E-state index is 11.2. The Morgan fingerprint density at radius 1 is 1.00 bits per heavy atom. The van der Waals surface area contributed by atoms with Crippen LogP contribution in [0.1, 0.15) is 108 Å². The Labute approximate surface area is 194 Å². The number of aryl methyl sites for hydroxylation is 1. The monoisotopic (exact) mass is 434 g/mol. The first kappa shape index (κ1) is 21.1. The highest BCUT2D eigenvalue weighted by Crippen LogP contribution is 2.61. The lowest BCUT2D eigenvalue weighted by atomic mass is 9.54. The Morgan fingerprint density at radius 2 is 1.75 bits per heavy atom. The number of fused-ring (bicyclic) bond motifs is 7. The molecule has 174 valence electrons. The third-order valence-corrected chi connectivity index (χ3v) is 11.0. The zero-order valence-electron chi connectivity index (χ0n) is 20.4. The van der Waals surface area contributed by atoms with Gasteiger partial charge in [0.05, 0.1) is 0 Å². The molecule has 4 fully saturated rings. The lowest BCUT2D eigenvalue weighted by Crippen LogP contribution is -2.43. The third kappa shape index (κ3) is 3.02. The van der Waals surface area contributed by atoms with Crippen molar-refractivity contribution in [2.24, 2.45) is 45.9 Å². The number of phenolic OH excluding ortho intramolecular Hbond substituents is 1. The predicted octanol–water partition coefficient (Wildman–Crippen LogP) is 6.67. The van der Waals surface area contributed by atoms with Crippen LogP contribution in [0.15, 0.2) is 17.2 Å². The number of hydrogen-bond acceptors (Lipinski definition) is 3. The highest BCUT2D eigenvalue weighted by Gasteiger charge is 2.54. The average molecular weight is 435 g/mol. The van der Waals surface area contributed by atoms with Gasteiger partial charge in [-0.05, 0) is 129 Å². The van der Waals surface area contributed by atoms with Crippen molar-refractivity contribution >= 4 is 5.71 Å². The molecular weight excluding hydrogens is 392 g/mol. The summed E-state index contributed by atoms with van der Waals surface area (Å²) >= 11 is 0. The average Bonchev–Trinajstić information content (AvgIpc) is 3.08. The minimum Gasteiger partial charge on any atom is -0.508 e. The van der Waals surface area contributed by atoms with E-state index in [9.17, 15) is 5.11 Å². The van der Waals surface area contributed by atoms with Crippen molar-refractivity contribution in [3.63, 3.8) is 0 Å². The lowest BCUT2D eigenvalue weighted by Gasteiger charge is -2.50. The summed E-state index contributed by atoms with van der Waals surface area (Å²) in [4.78, 5) is 0. The predicted molar refractivity (Wildman–Crippen MR) is 131 cm³/mol. The highest BCUT2D eigenvalue weighted by molar-refractivity contribution is 5.92. The molecule has 0 aliphatic heterocycles. The molecule has 4 saturated carbocycles. The van der Waals surface area contributed by atoms with E-state index in [1.807, 2.05) is 0 Å². The molecule has 5 unspecified atom stereocenters. The normalized spacial score (nSPS) is 46.4. The molecule has 0 spiro atoms. The fraction of sp³-hybridized carbons (Fsp3) is 0.759. The van der Waals surface area contributed by atoms with E-state index in [1.54, 1.807) is 5.56 Å². The summed E-state index contributed by atoms with van der Waals surface area (Å²) in [5.74, 6) is 11.1. The van der Waals surface area contributed by atoms with Gasteiger partial charge in [0.2, 0.25) is 0 Å². The Morgan fingerprint density at radius 3 is 2.47 bits per heavy atom. The largest absolute Gasteiger partial charge is 0.508 e. The molecule has 0 amide bonds. The van der Waals surface area contributed by atoms with Crippen molar-refractivity contribution in [1.82, 2.24) is 0 Å². The Hall–Kier alpha value is -1.51. The zero-order valence-corrected chi connectivity index (χ0v) is 20.4. The summed E-state index contributed by atoms with van der Waals surface area (Å²) in [5.41, 5.74) is 5.90. The van der Waals surface area contributed by atoms with Crippen molar-refractivity contribution in [3.8, 4) is 5.75 Å². The number of rotatable bonds is 1. The first-order chi connectivity index (χ1) is 15.3. The molecule has 5 aliphatic carbocycles. The minimum atomic E-state index is 0.135. The number of phenols is 1. The van der Waals surface area contributed by atoms with Gasteiger partial charge in [-0.3, -0.25) is 0 Å². The molecule has 0 radical (unpaired) electrons. The summed E-state index contributed by atoms with van der Waals surface area (Å²) in [5, 5.41) is 15.5. The van der Waals surface area contributed by atoms with E-state index >= 15 is 0 Å². The maximum absolute atomic E-state index is 11.2. The van der Waals surface area contributed by atoms with E-state index in [4.69, 9.17) is 5.84 Å². The molecule has 5 aliphatic rings. The van der Waals surface area contributed by atoms with Crippen molar-refractivity contribution in [3.05, 3.63) is 28.8 Å². The van der Waals surface area contributed by atoms with Crippen molar-refractivity contribution in [2.75, 3.05) is 0 Å². The second-order valence-corrected chi connectivity index (χ2v) is 13.1. The van der Waals surface area contributed by atoms with Crippen LogP contribution in [-0.4, -0.2) is 10.8 Å². The van der Waals surface area contributed by atoms with Gasteiger partial charge < -0.3 is 10.9 Å². The van der Waals surface area contributed by atoms with E-state index in [1.165, 1.54) is 74.6 Å². The molecule has 6 atom stereocenters. The quantitative estimate of drug-likeness (QED) is 0.383. The summed E-state index contributed by atoms with van der Waals surface area (Å²) in [6, 6.07) is 4.68. The summed E-state index contributed by atoms with van der Waals surface area (Å²) in [6.45, 7) is 7.34. The number of benzene rings is 1. The molecule has 6 rings (SSSR count). The van der Waals surface area contributed by atoms with Crippen molar-refractivity contribution in [1.29, 1.82) is 0 Å². The first-order valence-corrected chi connectivity index (χ1v) is 13.4. The van der Waals surface area contributed by atoms with E-state index in [0.717, 1.165) is 42.4 Å². The van der Waals surface area contributed by atoms with Gasteiger partial charge in [-0.15, -0.1) is 0 Å². The Bertz CT molecular complexity index is 933. The topological polar surface area (TPSA) is 58.6 Å². The van der Waals surface area contributed by atoms with Crippen LogP contribution in [0.4, 0.5) is 0 Å². The second-order valence-electron chi connectivity index (χ2n) is 13.1. The number of nitrogens with zero attached hydrogens (tertiary/aromatic N) is 1. The van der Waals surface area contributed by atoms with Crippen LogP contribution in [0.5, 0.6) is 5.75 Å². The van der Waals surface area contributed by atoms with Crippen molar-refractivity contribution in [2.45, 2.75) is 103 Å². The van der Waals surface area contributed by atoms with Gasteiger partial charge in [0.1, 0.15) is 5.75 Å². The van der Waals surface area contributed by atoms with Gasteiger partial charge in [0.15, 0.2) is 0 Å². The summed E-state index contributed by atoms with van der Waals surface area (Å²) in [7, 11) is 0. The van der Waals surface area contributed by atoms with Gasteiger partial charge in [-0.25, -0.2) is 0 Å². The lowest BCUT2D eigenvalue weighted by molar-refractivity contribution is 0.0871. The molecule has 3 heteroatoms. The molecular formula is C29H42N2O. The first-order valence-electron chi connectivity index (χ1n) is 13.4. The van der Waals surface area contributed by atoms with E-state index < -0.39 is 0 Å². The van der Waals surface area contributed by atoms with Crippen molar-refractivity contribution < 1.29 is 5.11 Å². The van der Waals surface area contributed by atoms with Gasteiger partial charge in [-0.1, -0.05) is 26.8 Å². The van der Waals surface area contributed by atoms with E-state index in [0.29, 0.717) is 11.7 Å². The molecule has 3 nitrogen and oxygen atoms in total. The summed E-state index contributed by atoms with van der Waals surface area (Å²) in [6.07, 6.45) is 13.9. The van der Waals surface area contributed by atoms with E-state index in [2.05, 4.69) is 38.0 Å². The van der Waals surface area contributed by atoms with Crippen LogP contribution >= 0.6 is 0 Å². The third-order valence-electron chi connectivity index (χ3n) is 11.0. The summed E-state index contributed by atoms with van der Waals surface area (Å²) < 4.78 is 0. The molecule has 1 aromatic rings. The Balaban J connectivity index is 1.35. The fourth-order valence-electron chi connectivity index (χ4n) is 9.90. The van der Waals surface area contributed by atoms with Gasteiger partial charge in [-0.2, -0.15) is 5.10 Å². The minimum absolute atomic E-state index is 0.135. The highest BCUT2D eigenvalue weighted by atomic mass is 16.3. The molecule has 1 aromatic carbocycles. The van der Waals surface area contributed by atoms with Gasteiger partial charge >= 0.3 is 0 Å². The smallest absolute Gasteiger partial charge is 0.119 e. The van der Waals surface area contributed by atoms with Crippen LogP contribution in [0.3, 0.4) is 0 Å². The molecule has 0 aromatic heterocycles. The zero-order chi connectivity index (χ0) is 22.3. The Kier molecular flexibility index (Phi) is 4.76. The number of nitrogens with two attached hydrogens (primary N) is 1. The van der Waals surface area contributed by atoms with Crippen LogP contribution in [-0.2, 0) is 11.8 Å². The number of hydrazone groups is 1. The van der Waals surface area contributed by atoms with Gasteiger partial charge in [0, 0.05) is 16.7 Å². The van der Waals surface area contributed by atoms with Crippen LogP contribution in [0.25, 0.3) is 0 Å².